The summed E-state index contributed by atoms with van der Waals surface area (Å²) in [6.07, 6.45) is 4.39. The lowest BCUT2D eigenvalue weighted by Gasteiger charge is -2.22. The minimum Gasteiger partial charge on any atom is -0.377 e. The van der Waals surface area contributed by atoms with Gasteiger partial charge in [-0.15, -0.1) is 11.3 Å². The van der Waals surface area contributed by atoms with Gasteiger partial charge in [-0.1, -0.05) is 0 Å². The number of hydrogen-bond donors (Lipinski definition) is 1. The average molecular weight is 330 g/mol. The number of hydrogen-bond acceptors (Lipinski definition) is 6. The van der Waals surface area contributed by atoms with E-state index in [0.29, 0.717) is 17.4 Å². The Labute approximate surface area is 128 Å². The summed E-state index contributed by atoms with van der Waals surface area (Å²) in [4.78, 5) is 16.8. The first-order valence-corrected chi connectivity index (χ1v) is 9.68. The van der Waals surface area contributed by atoms with E-state index in [9.17, 15) is 13.2 Å². The molecule has 1 amide bonds. The first-order chi connectivity index (χ1) is 10.1. The van der Waals surface area contributed by atoms with Crippen molar-refractivity contribution in [3.8, 4) is 0 Å². The zero-order valence-electron chi connectivity index (χ0n) is 11.6. The highest BCUT2D eigenvalue weighted by Crippen LogP contribution is 2.41. The molecule has 1 aromatic heterocycles. The predicted molar refractivity (Wildman–Crippen MR) is 78.9 cm³/mol. The molecule has 1 saturated carbocycles. The molecule has 2 heterocycles. The average Bonchev–Trinajstić information content (AvgIpc) is 3.15. The highest BCUT2D eigenvalue weighted by Gasteiger charge is 2.32. The Morgan fingerprint density at radius 2 is 2.19 bits per heavy atom. The quantitative estimate of drug-likeness (QED) is 0.887. The molecular formula is C13H18N2O4S2. The molecule has 21 heavy (non-hydrogen) atoms. The summed E-state index contributed by atoms with van der Waals surface area (Å²) in [5.74, 6) is -0.396. The fraction of sp³-hybridized carbons (Fsp3) is 0.692. The Kier molecular flexibility index (Phi) is 4.28. The van der Waals surface area contributed by atoms with Crippen LogP contribution in [0.4, 0.5) is 0 Å². The van der Waals surface area contributed by atoms with E-state index >= 15 is 0 Å². The summed E-state index contributed by atoms with van der Waals surface area (Å²) in [6.45, 7) is 0.592. The van der Waals surface area contributed by atoms with E-state index < -0.39 is 15.9 Å². The van der Waals surface area contributed by atoms with Crippen LogP contribution in [0.15, 0.2) is 5.51 Å². The predicted octanol–water partition coefficient (Wildman–Crippen LogP) is 1.65. The van der Waals surface area contributed by atoms with Gasteiger partial charge in [0, 0.05) is 12.5 Å². The van der Waals surface area contributed by atoms with Crippen LogP contribution in [0.3, 0.4) is 0 Å². The third-order valence-electron chi connectivity index (χ3n) is 3.69. The van der Waals surface area contributed by atoms with E-state index in [2.05, 4.69) is 9.71 Å². The summed E-state index contributed by atoms with van der Waals surface area (Å²) >= 11 is 1.19. The van der Waals surface area contributed by atoms with Gasteiger partial charge < -0.3 is 4.74 Å². The molecule has 1 aromatic rings. The first kappa shape index (κ1) is 14.9. The van der Waals surface area contributed by atoms with E-state index in [1.54, 1.807) is 5.51 Å². The molecule has 116 valence electrons. The molecule has 0 spiro atoms. The Hall–Kier alpha value is -0.990. The van der Waals surface area contributed by atoms with Gasteiger partial charge in [0.05, 0.1) is 23.1 Å². The lowest BCUT2D eigenvalue weighted by molar-refractivity contribution is 0.0304. The van der Waals surface area contributed by atoms with Crippen LogP contribution >= 0.6 is 11.3 Å². The van der Waals surface area contributed by atoms with Crippen LogP contribution in [-0.4, -0.2) is 37.8 Å². The molecule has 1 aliphatic heterocycles. The van der Waals surface area contributed by atoms with Gasteiger partial charge in [0.15, 0.2) is 0 Å². The third kappa shape index (κ3) is 3.81. The van der Waals surface area contributed by atoms with Gasteiger partial charge >= 0.3 is 0 Å². The maximum Gasteiger partial charge on any atom is 0.276 e. The van der Waals surface area contributed by atoms with Gasteiger partial charge in [0.2, 0.25) is 10.0 Å². The molecule has 1 saturated heterocycles. The number of rotatable bonds is 5. The highest BCUT2D eigenvalue weighted by molar-refractivity contribution is 7.90. The number of carbonyl (C=O) groups is 1. The van der Waals surface area contributed by atoms with Crippen molar-refractivity contribution in [2.24, 2.45) is 0 Å². The topological polar surface area (TPSA) is 85.4 Å². The van der Waals surface area contributed by atoms with E-state index in [-0.39, 0.29) is 11.9 Å². The van der Waals surface area contributed by atoms with Crippen LogP contribution in [0.1, 0.15) is 53.4 Å². The molecule has 0 bridgehead atoms. The fourth-order valence-electron chi connectivity index (χ4n) is 2.49. The van der Waals surface area contributed by atoms with Gasteiger partial charge in [-0.25, -0.2) is 18.1 Å². The summed E-state index contributed by atoms with van der Waals surface area (Å²) < 4.78 is 31.7. The van der Waals surface area contributed by atoms with Crippen LogP contribution < -0.4 is 4.72 Å². The van der Waals surface area contributed by atoms with Gasteiger partial charge in [-0.2, -0.15) is 0 Å². The monoisotopic (exact) mass is 330 g/mol. The SMILES string of the molecule is O=C(NS(=O)(=O)C[C@H]1CCCCO1)c1scnc1C1CC1. The fourth-order valence-corrected chi connectivity index (χ4v) is 4.54. The van der Waals surface area contributed by atoms with Crippen molar-refractivity contribution in [3.63, 3.8) is 0 Å². The van der Waals surface area contributed by atoms with E-state index in [1.165, 1.54) is 11.3 Å². The molecule has 2 fully saturated rings. The smallest absolute Gasteiger partial charge is 0.276 e. The first-order valence-electron chi connectivity index (χ1n) is 7.15. The van der Waals surface area contributed by atoms with Crippen LogP contribution in [0.2, 0.25) is 0 Å². The van der Waals surface area contributed by atoms with Gasteiger partial charge in [-0.05, 0) is 32.1 Å². The number of amides is 1. The van der Waals surface area contributed by atoms with Crippen molar-refractivity contribution in [3.05, 3.63) is 16.1 Å². The molecule has 3 rings (SSSR count). The molecule has 2 aliphatic rings. The van der Waals surface area contributed by atoms with Crippen LogP contribution in [0, 0.1) is 0 Å². The lowest BCUT2D eigenvalue weighted by atomic mass is 10.1. The highest BCUT2D eigenvalue weighted by atomic mass is 32.2. The number of carbonyl (C=O) groups excluding carboxylic acids is 1. The largest absolute Gasteiger partial charge is 0.377 e. The van der Waals surface area contributed by atoms with Crippen molar-refractivity contribution in [1.29, 1.82) is 0 Å². The molecule has 1 N–H and O–H groups in total. The zero-order valence-corrected chi connectivity index (χ0v) is 13.2. The standard InChI is InChI=1S/C13H18N2O4S2/c16-13(12-11(9-4-5-9)14-8-20-12)15-21(17,18)7-10-3-1-2-6-19-10/h8-10H,1-7H2,(H,15,16)/t10-/m1/s1. The number of thiazole rings is 1. The molecule has 1 aliphatic carbocycles. The lowest BCUT2D eigenvalue weighted by Crippen LogP contribution is -2.38. The zero-order chi connectivity index (χ0) is 14.9. The van der Waals surface area contributed by atoms with Crippen molar-refractivity contribution in [2.45, 2.75) is 44.1 Å². The number of sulfonamides is 1. The second-order valence-corrected chi connectivity index (χ2v) is 8.16. The molecule has 0 unspecified atom stereocenters. The number of nitrogens with zero attached hydrogens (tertiary/aromatic N) is 1. The Morgan fingerprint density at radius 1 is 1.38 bits per heavy atom. The Morgan fingerprint density at radius 3 is 2.86 bits per heavy atom. The van der Waals surface area contributed by atoms with E-state index in [0.717, 1.165) is 37.8 Å². The van der Waals surface area contributed by atoms with Crippen molar-refractivity contribution >= 4 is 27.3 Å². The van der Waals surface area contributed by atoms with Crippen molar-refractivity contribution in [2.75, 3.05) is 12.4 Å². The van der Waals surface area contributed by atoms with E-state index in [1.807, 2.05) is 0 Å². The summed E-state index contributed by atoms with van der Waals surface area (Å²) in [6, 6.07) is 0. The summed E-state index contributed by atoms with van der Waals surface area (Å²) in [5, 5.41) is 0. The van der Waals surface area contributed by atoms with Crippen LogP contribution in [-0.2, 0) is 14.8 Å². The second kappa shape index (κ2) is 6.02. The molecule has 1 atom stereocenters. The molecule has 0 radical (unpaired) electrons. The van der Waals surface area contributed by atoms with Gasteiger partial charge in [-0.3, -0.25) is 4.79 Å². The molecule has 0 aromatic carbocycles. The Bertz CT molecular complexity index is 616. The van der Waals surface area contributed by atoms with Crippen molar-refractivity contribution in [1.82, 2.24) is 9.71 Å². The maximum atomic E-state index is 12.2. The molecular weight excluding hydrogens is 312 g/mol. The third-order valence-corrected chi connectivity index (χ3v) is 5.84. The maximum absolute atomic E-state index is 12.2. The van der Waals surface area contributed by atoms with Crippen LogP contribution in [0.25, 0.3) is 0 Å². The Balaban J connectivity index is 1.63. The summed E-state index contributed by atoms with van der Waals surface area (Å²) in [7, 11) is -3.67. The van der Waals surface area contributed by atoms with Gasteiger partial charge in [0.25, 0.3) is 5.91 Å². The van der Waals surface area contributed by atoms with E-state index in [4.69, 9.17) is 4.74 Å². The van der Waals surface area contributed by atoms with Crippen LogP contribution in [0.5, 0.6) is 0 Å². The second-order valence-electron chi connectivity index (χ2n) is 5.54. The number of aromatic nitrogens is 1. The number of ether oxygens (including phenoxy) is 1. The normalized spacial score (nSPS) is 23.0. The minimum absolute atomic E-state index is 0.156. The van der Waals surface area contributed by atoms with Crippen molar-refractivity contribution < 1.29 is 17.9 Å². The minimum atomic E-state index is -3.67. The molecule has 8 heteroatoms. The number of nitrogens with one attached hydrogen (secondary N) is 1. The molecule has 6 nitrogen and oxygen atoms in total. The summed E-state index contributed by atoms with van der Waals surface area (Å²) in [5.41, 5.74) is 2.33. The van der Waals surface area contributed by atoms with Gasteiger partial charge in [0.1, 0.15) is 4.88 Å².